The van der Waals surface area contributed by atoms with Crippen LogP contribution < -0.4 is 5.32 Å². The summed E-state index contributed by atoms with van der Waals surface area (Å²) in [4.78, 5) is 14.9. The van der Waals surface area contributed by atoms with Gasteiger partial charge in [0.2, 0.25) is 0 Å². The van der Waals surface area contributed by atoms with Gasteiger partial charge in [0.1, 0.15) is 11.6 Å². The number of benzene rings is 2. The van der Waals surface area contributed by atoms with Crippen molar-refractivity contribution in [2.75, 3.05) is 18.4 Å². The average molecular weight is 413 g/mol. The second-order valence-corrected chi connectivity index (χ2v) is 7.64. The van der Waals surface area contributed by atoms with E-state index in [1.807, 2.05) is 16.8 Å². The largest absolute Gasteiger partial charge is 0.307 e. The SMILES string of the molecule is O=C(Nc1ccnn1C1CCN(Cc2ccc(F)cc2)CC1)c1ccccc1Cl. The Morgan fingerprint density at radius 1 is 1.10 bits per heavy atom. The van der Waals surface area contributed by atoms with Crippen LogP contribution in [0.25, 0.3) is 0 Å². The summed E-state index contributed by atoms with van der Waals surface area (Å²) in [7, 11) is 0. The number of carbonyl (C=O) groups is 1. The van der Waals surface area contributed by atoms with Crippen LogP contribution in [0, 0.1) is 5.82 Å². The first kappa shape index (κ1) is 19.6. The van der Waals surface area contributed by atoms with Crippen LogP contribution in [0.5, 0.6) is 0 Å². The van der Waals surface area contributed by atoms with Crippen molar-refractivity contribution in [3.8, 4) is 0 Å². The number of nitrogens with zero attached hydrogens (tertiary/aromatic N) is 3. The molecule has 0 radical (unpaired) electrons. The molecule has 1 saturated heterocycles. The van der Waals surface area contributed by atoms with Gasteiger partial charge in [-0.1, -0.05) is 35.9 Å². The van der Waals surface area contributed by atoms with E-state index < -0.39 is 0 Å². The van der Waals surface area contributed by atoms with Crippen molar-refractivity contribution in [3.05, 3.63) is 82.8 Å². The molecule has 2 aromatic carbocycles. The molecular weight excluding hydrogens is 391 g/mol. The highest BCUT2D eigenvalue weighted by molar-refractivity contribution is 6.34. The molecule has 1 aliphatic rings. The van der Waals surface area contributed by atoms with E-state index in [2.05, 4.69) is 15.3 Å². The van der Waals surface area contributed by atoms with E-state index in [0.29, 0.717) is 16.4 Å². The second kappa shape index (κ2) is 8.76. The van der Waals surface area contributed by atoms with Crippen molar-refractivity contribution in [1.82, 2.24) is 14.7 Å². The van der Waals surface area contributed by atoms with Crippen molar-refractivity contribution in [2.45, 2.75) is 25.4 Å². The van der Waals surface area contributed by atoms with Crippen molar-refractivity contribution in [3.63, 3.8) is 0 Å². The topological polar surface area (TPSA) is 50.2 Å². The number of nitrogens with one attached hydrogen (secondary N) is 1. The van der Waals surface area contributed by atoms with Crippen LogP contribution in [0.2, 0.25) is 5.02 Å². The molecule has 1 amide bonds. The number of rotatable bonds is 5. The van der Waals surface area contributed by atoms with Gasteiger partial charge in [-0.3, -0.25) is 9.69 Å². The highest BCUT2D eigenvalue weighted by Gasteiger charge is 2.23. The Morgan fingerprint density at radius 2 is 1.83 bits per heavy atom. The van der Waals surface area contributed by atoms with Crippen LogP contribution in [-0.2, 0) is 6.54 Å². The molecule has 0 spiro atoms. The van der Waals surface area contributed by atoms with E-state index in [0.717, 1.165) is 38.0 Å². The standard InChI is InChI=1S/C22H22ClFN4O/c23-20-4-2-1-3-19(20)22(29)26-21-9-12-25-28(21)18-10-13-27(14-11-18)15-16-5-7-17(24)8-6-16/h1-9,12,18H,10-11,13-15H2,(H,26,29). The number of hydrogen-bond donors (Lipinski definition) is 1. The van der Waals surface area contributed by atoms with Gasteiger partial charge in [0.05, 0.1) is 22.8 Å². The molecule has 1 aliphatic heterocycles. The number of carbonyl (C=O) groups excluding carboxylic acids is 1. The summed E-state index contributed by atoms with van der Waals surface area (Å²) in [5.41, 5.74) is 1.55. The van der Waals surface area contributed by atoms with Crippen molar-refractivity contribution < 1.29 is 9.18 Å². The zero-order valence-electron chi connectivity index (χ0n) is 15.9. The number of halogens is 2. The van der Waals surface area contributed by atoms with Gasteiger partial charge in [-0.15, -0.1) is 0 Å². The molecule has 0 aliphatic carbocycles. The van der Waals surface area contributed by atoms with E-state index in [4.69, 9.17) is 11.6 Å². The molecule has 7 heteroatoms. The summed E-state index contributed by atoms with van der Waals surface area (Å²) < 4.78 is 15.0. The molecule has 0 saturated carbocycles. The Labute approximate surface area is 174 Å². The van der Waals surface area contributed by atoms with Gasteiger partial charge >= 0.3 is 0 Å². The number of likely N-dealkylation sites (tertiary alicyclic amines) is 1. The fraction of sp³-hybridized carbons (Fsp3) is 0.273. The van der Waals surface area contributed by atoms with Crippen molar-refractivity contribution in [1.29, 1.82) is 0 Å². The number of piperidine rings is 1. The Bertz CT molecular complexity index is 980. The zero-order chi connectivity index (χ0) is 20.2. The van der Waals surface area contributed by atoms with Crippen LogP contribution in [0.1, 0.15) is 34.8 Å². The van der Waals surface area contributed by atoms with Crippen LogP contribution in [-0.4, -0.2) is 33.7 Å². The minimum atomic E-state index is -0.244. The molecule has 1 N–H and O–H groups in total. The van der Waals surface area contributed by atoms with Crippen molar-refractivity contribution >= 4 is 23.3 Å². The fourth-order valence-electron chi connectivity index (χ4n) is 3.70. The van der Waals surface area contributed by atoms with E-state index in [1.54, 1.807) is 36.5 Å². The van der Waals surface area contributed by atoms with Gasteiger partial charge < -0.3 is 5.32 Å². The second-order valence-electron chi connectivity index (χ2n) is 7.23. The first-order valence-electron chi connectivity index (χ1n) is 9.66. The molecule has 5 nitrogen and oxygen atoms in total. The molecule has 1 fully saturated rings. The Kier molecular flexibility index (Phi) is 5.92. The van der Waals surface area contributed by atoms with Crippen molar-refractivity contribution in [2.24, 2.45) is 0 Å². The predicted molar refractivity (Wildman–Crippen MR) is 112 cm³/mol. The lowest BCUT2D eigenvalue weighted by molar-refractivity contribution is 0.102. The number of aromatic nitrogens is 2. The summed E-state index contributed by atoms with van der Waals surface area (Å²) in [6.45, 7) is 2.64. The van der Waals surface area contributed by atoms with Gasteiger partial charge in [-0.25, -0.2) is 9.07 Å². The lowest BCUT2D eigenvalue weighted by atomic mass is 10.0. The fourth-order valence-corrected chi connectivity index (χ4v) is 3.92. The first-order valence-corrected chi connectivity index (χ1v) is 10.0. The van der Waals surface area contributed by atoms with E-state index in [9.17, 15) is 9.18 Å². The first-order chi connectivity index (χ1) is 14.1. The Balaban J connectivity index is 1.37. The molecule has 0 atom stereocenters. The quantitative estimate of drug-likeness (QED) is 0.657. The number of hydrogen-bond acceptors (Lipinski definition) is 3. The minimum absolute atomic E-state index is 0.211. The Morgan fingerprint density at radius 3 is 2.55 bits per heavy atom. The van der Waals surface area contributed by atoms with Crippen LogP contribution >= 0.6 is 11.6 Å². The van der Waals surface area contributed by atoms with E-state index >= 15 is 0 Å². The van der Waals surface area contributed by atoms with Crippen LogP contribution in [0.3, 0.4) is 0 Å². The average Bonchev–Trinajstić information content (AvgIpc) is 3.18. The summed E-state index contributed by atoms with van der Waals surface area (Å²) in [5, 5.41) is 7.79. The Hall–Kier alpha value is -2.70. The third-order valence-corrected chi connectivity index (χ3v) is 5.58. The molecule has 0 unspecified atom stereocenters. The van der Waals surface area contributed by atoms with Gasteiger partial charge in [-0.2, -0.15) is 5.10 Å². The highest BCUT2D eigenvalue weighted by Crippen LogP contribution is 2.27. The minimum Gasteiger partial charge on any atom is -0.307 e. The van der Waals surface area contributed by atoms with Gasteiger partial charge in [0.25, 0.3) is 5.91 Å². The van der Waals surface area contributed by atoms with Gasteiger partial charge in [-0.05, 0) is 42.7 Å². The molecule has 3 aromatic rings. The molecule has 2 heterocycles. The van der Waals surface area contributed by atoms with Crippen LogP contribution in [0.4, 0.5) is 10.2 Å². The molecule has 4 rings (SSSR count). The van der Waals surface area contributed by atoms with Gasteiger partial charge in [0, 0.05) is 25.7 Å². The maximum atomic E-state index is 13.1. The summed E-state index contributed by atoms with van der Waals surface area (Å²) in [5.74, 6) is 0.218. The summed E-state index contributed by atoms with van der Waals surface area (Å²) in [6, 6.07) is 15.7. The lowest BCUT2D eigenvalue weighted by Crippen LogP contribution is -2.35. The third kappa shape index (κ3) is 4.66. The predicted octanol–water partition coefficient (Wildman–Crippen LogP) is 4.77. The number of anilines is 1. The molecular formula is C22H22ClFN4O. The van der Waals surface area contributed by atoms with Gasteiger partial charge in [0.15, 0.2) is 0 Å². The number of amides is 1. The monoisotopic (exact) mass is 412 g/mol. The van der Waals surface area contributed by atoms with E-state index in [1.165, 1.54) is 12.1 Å². The maximum Gasteiger partial charge on any atom is 0.258 e. The highest BCUT2D eigenvalue weighted by atomic mass is 35.5. The third-order valence-electron chi connectivity index (χ3n) is 5.25. The molecule has 29 heavy (non-hydrogen) atoms. The zero-order valence-corrected chi connectivity index (χ0v) is 16.6. The lowest BCUT2D eigenvalue weighted by Gasteiger charge is -2.32. The molecule has 1 aromatic heterocycles. The van der Waals surface area contributed by atoms with E-state index in [-0.39, 0.29) is 17.8 Å². The molecule has 150 valence electrons. The van der Waals surface area contributed by atoms with Crippen LogP contribution in [0.15, 0.2) is 60.8 Å². The molecule has 0 bridgehead atoms. The summed E-state index contributed by atoms with van der Waals surface area (Å²) >= 11 is 6.13. The maximum absolute atomic E-state index is 13.1. The normalized spacial score (nSPS) is 15.4. The smallest absolute Gasteiger partial charge is 0.258 e. The summed E-state index contributed by atoms with van der Waals surface area (Å²) in [6.07, 6.45) is 3.56.